The molecule has 10 heteroatoms. The van der Waals surface area contributed by atoms with Crippen LogP contribution in [0.4, 0.5) is 5.82 Å². The number of likely N-dealkylation sites (tertiary alicyclic amines) is 1. The monoisotopic (exact) mass is 566 g/mol. The summed E-state index contributed by atoms with van der Waals surface area (Å²) in [5.41, 5.74) is 10.0. The van der Waals surface area contributed by atoms with E-state index in [1.807, 2.05) is 17.8 Å². The van der Waals surface area contributed by atoms with E-state index in [-0.39, 0.29) is 11.9 Å². The van der Waals surface area contributed by atoms with Gasteiger partial charge in [-0.3, -0.25) is 15.6 Å². The molecular weight excluding hydrogens is 536 g/mol. The lowest BCUT2D eigenvalue weighted by Gasteiger charge is -2.23. The van der Waals surface area contributed by atoms with E-state index in [1.165, 1.54) is 40.6 Å². The summed E-state index contributed by atoms with van der Waals surface area (Å²) in [7, 11) is 2.14. The summed E-state index contributed by atoms with van der Waals surface area (Å²) in [6.45, 7) is 1.75. The van der Waals surface area contributed by atoms with E-state index in [1.54, 1.807) is 6.07 Å². The Morgan fingerprint density at radius 3 is 2.76 bits per heavy atom. The minimum absolute atomic E-state index is 0.0993. The highest BCUT2D eigenvalue weighted by Crippen LogP contribution is 2.39. The summed E-state index contributed by atoms with van der Waals surface area (Å²) in [5.74, 6) is 1.11. The highest BCUT2D eigenvalue weighted by molar-refractivity contribution is 7.98. The molecule has 0 radical (unpaired) electrons. The van der Waals surface area contributed by atoms with Crippen molar-refractivity contribution in [1.29, 1.82) is 0 Å². The average Bonchev–Trinajstić information content (AvgIpc) is 3.27. The first-order valence-corrected chi connectivity index (χ1v) is 14.5. The maximum absolute atomic E-state index is 12.6. The van der Waals surface area contributed by atoms with Gasteiger partial charge in [0.15, 0.2) is 10.9 Å². The van der Waals surface area contributed by atoms with E-state index in [0.29, 0.717) is 34.1 Å². The second-order valence-corrected chi connectivity index (χ2v) is 11.4. The molecule has 3 aromatic rings. The fourth-order valence-corrected chi connectivity index (χ4v) is 6.50. The van der Waals surface area contributed by atoms with Crippen molar-refractivity contribution < 1.29 is 4.79 Å². The van der Waals surface area contributed by atoms with Crippen LogP contribution in [0, 0.1) is 0 Å². The molecular formula is C28H31ClN6OS2. The topological polar surface area (TPSA) is 81.3 Å². The van der Waals surface area contributed by atoms with Crippen molar-refractivity contribution in [3.63, 3.8) is 0 Å². The Balaban J connectivity index is 1.19. The molecule has 1 aromatic heterocycles. The summed E-state index contributed by atoms with van der Waals surface area (Å²) in [6.07, 6.45) is 4.85. The average molecular weight is 567 g/mol. The number of anilines is 1. The molecule has 0 saturated carbocycles. The Bertz CT molecular complexity index is 1270. The zero-order chi connectivity index (χ0) is 26.5. The van der Waals surface area contributed by atoms with Crippen LogP contribution in [0.2, 0.25) is 5.02 Å². The van der Waals surface area contributed by atoms with Gasteiger partial charge < -0.3 is 15.5 Å². The standard InChI is InChI=1S/C28H31ClN6OS2/c1-35-14-6-8-20(35)12-13-30-27(36)19-15-23(29)26(31-16-19)33-34-28(37)32-25-21-9-3-2-7-18(21)17-38-24-11-5-4-10-22(24)25/h2-5,7,9-11,15-16,20,25H,6,8,12-14,17H2,1H3,(H,30,36)(H,31,33)(H2,32,34,37). The van der Waals surface area contributed by atoms with Crippen molar-refractivity contribution in [2.45, 2.75) is 42.0 Å². The molecule has 0 bridgehead atoms. The molecule has 3 heterocycles. The maximum Gasteiger partial charge on any atom is 0.252 e. The lowest BCUT2D eigenvalue weighted by Crippen LogP contribution is -2.41. The van der Waals surface area contributed by atoms with E-state index >= 15 is 0 Å². The van der Waals surface area contributed by atoms with E-state index < -0.39 is 0 Å². The molecule has 4 N–H and O–H groups in total. The van der Waals surface area contributed by atoms with Gasteiger partial charge in [0, 0.05) is 29.4 Å². The molecule has 0 aliphatic carbocycles. The minimum atomic E-state index is -0.180. The number of amides is 1. The van der Waals surface area contributed by atoms with Crippen molar-refractivity contribution in [3.8, 4) is 0 Å². The predicted molar refractivity (Wildman–Crippen MR) is 159 cm³/mol. The molecule has 7 nitrogen and oxygen atoms in total. The third-order valence-corrected chi connectivity index (χ3v) is 8.73. The van der Waals surface area contributed by atoms with Crippen LogP contribution in [0.25, 0.3) is 0 Å². The van der Waals surface area contributed by atoms with E-state index in [2.05, 4.69) is 80.9 Å². The van der Waals surface area contributed by atoms with E-state index in [0.717, 1.165) is 18.7 Å². The van der Waals surface area contributed by atoms with Gasteiger partial charge in [0.25, 0.3) is 5.91 Å². The van der Waals surface area contributed by atoms with Crippen molar-refractivity contribution >= 4 is 52.4 Å². The number of aromatic nitrogens is 1. The highest BCUT2D eigenvalue weighted by Gasteiger charge is 2.24. The molecule has 1 fully saturated rings. The number of hydrazine groups is 1. The number of thiocarbonyl (C=S) groups is 1. The van der Waals surface area contributed by atoms with Crippen LogP contribution in [0.5, 0.6) is 0 Å². The van der Waals surface area contributed by atoms with Crippen LogP contribution in [-0.2, 0) is 5.75 Å². The fraction of sp³-hybridized carbons (Fsp3) is 0.321. The molecule has 2 aliphatic heterocycles. The van der Waals surface area contributed by atoms with Gasteiger partial charge in [-0.15, -0.1) is 11.8 Å². The lowest BCUT2D eigenvalue weighted by molar-refractivity contribution is 0.0950. The third kappa shape index (κ3) is 6.23. The zero-order valence-corrected chi connectivity index (χ0v) is 23.6. The highest BCUT2D eigenvalue weighted by atomic mass is 35.5. The van der Waals surface area contributed by atoms with Crippen molar-refractivity contribution in [3.05, 3.63) is 88.1 Å². The van der Waals surface area contributed by atoms with Crippen LogP contribution in [0.3, 0.4) is 0 Å². The number of hydrogen-bond donors (Lipinski definition) is 4. The predicted octanol–water partition coefficient (Wildman–Crippen LogP) is 5.14. The van der Waals surface area contributed by atoms with Gasteiger partial charge in [0.2, 0.25) is 0 Å². The number of benzene rings is 2. The Morgan fingerprint density at radius 2 is 1.97 bits per heavy atom. The van der Waals surface area contributed by atoms with Crippen molar-refractivity contribution in [1.82, 2.24) is 25.9 Å². The number of thioether (sulfide) groups is 1. The van der Waals surface area contributed by atoms with Crippen molar-refractivity contribution in [2.24, 2.45) is 0 Å². The van der Waals surface area contributed by atoms with Gasteiger partial charge in [-0.1, -0.05) is 54.1 Å². The third-order valence-electron chi connectivity index (χ3n) is 7.09. The Morgan fingerprint density at radius 1 is 1.18 bits per heavy atom. The molecule has 2 aromatic carbocycles. The molecule has 2 unspecified atom stereocenters. The number of fused-ring (bicyclic) bond motifs is 2. The summed E-state index contributed by atoms with van der Waals surface area (Å²) >= 11 is 13.9. The summed E-state index contributed by atoms with van der Waals surface area (Å²) in [4.78, 5) is 20.5. The molecule has 38 heavy (non-hydrogen) atoms. The first-order valence-electron chi connectivity index (χ1n) is 12.8. The summed E-state index contributed by atoms with van der Waals surface area (Å²) in [5, 5.41) is 7.15. The summed E-state index contributed by atoms with van der Waals surface area (Å²) < 4.78 is 0. The smallest absolute Gasteiger partial charge is 0.252 e. The Labute approximate surface area is 238 Å². The van der Waals surface area contributed by atoms with Crippen LogP contribution >= 0.6 is 35.6 Å². The Kier molecular flexibility index (Phi) is 8.68. The minimum Gasteiger partial charge on any atom is -0.352 e. The first kappa shape index (κ1) is 26.7. The quantitative estimate of drug-likeness (QED) is 0.231. The SMILES string of the molecule is CN1CCCC1CCNC(=O)c1cnc(NNC(=S)NC2c3ccccc3CSc3ccccc32)c(Cl)c1. The number of nitrogens with one attached hydrogen (secondary N) is 4. The number of halogens is 1. The second-order valence-electron chi connectivity index (χ2n) is 9.56. The number of carbonyl (C=O) groups is 1. The molecule has 1 saturated heterocycles. The van der Waals surface area contributed by atoms with Crippen LogP contribution < -0.4 is 21.5 Å². The fourth-order valence-electron chi connectivity index (χ4n) is 5.01. The van der Waals surface area contributed by atoms with Gasteiger partial charge in [0.05, 0.1) is 16.6 Å². The lowest BCUT2D eigenvalue weighted by atomic mass is 9.95. The zero-order valence-electron chi connectivity index (χ0n) is 21.2. The second kappa shape index (κ2) is 12.3. The van der Waals surface area contributed by atoms with Crippen LogP contribution in [-0.4, -0.2) is 47.1 Å². The largest absolute Gasteiger partial charge is 0.352 e. The molecule has 2 atom stereocenters. The van der Waals surface area contributed by atoms with E-state index in [4.69, 9.17) is 23.8 Å². The van der Waals surface area contributed by atoms with Gasteiger partial charge in [-0.25, -0.2) is 4.98 Å². The van der Waals surface area contributed by atoms with Crippen LogP contribution in [0.15, 0.2) is 65.7 Å². The molecule has 198 valence electrons. The van der Waals surface area contributed by atoms with Gasteiger partial charge in [-0.05, 0) is 73.9 Å². The Hall–Kier alpha value is -2.85. The van der Waals surface area contributed by atoms with E-state index in [9.17, 15) is 4.79 Å². The van der Waals surface area contributed by atoms with Gasteiger partial charge in [-0.2, -0.15) is 0 Å². The molecule has 0 spiro atoms. The normalized spacial score (nSPS) is 18.6. The number of carbonyl (C=O) groups excluding carboxylic acids is 1. The molecule has 5 rings (SSSR count). The van der Waals surface area contributed by atoms with Crippen molar-refractivity contribution in [2.75, 3.05) is 25.6 Å². The number of hydrogen-bond acceptors (Lipinski definition) is 6. The number of pyridine rings is 1. The first-order chi connectivity index (χ1) is 18.5. The maximum atomic E-state index is 12.6. The van der Waals surface area contributed by atoms with Gasteiger partial charge in [0.1, 0.15) is 0 Å². The summed E-state index contributed by atoms with van der Waals surface area (Å²) in [6, 6.07) is 18.8. The number of rotatable bonds is 7. The molecule has 2 aliphatic rings. The number of nitrogens with zero attached hydrogens (tertiary/aromatic N) is 2. The van der Waals surface area contributed by atoms with Crippen LogP contribution in [0.1, 0.15) is 52.4 Å². The van der Waals surface area contributed by atoms with Gasteiger partial charge >= 0.3 is 0 Å². The molecule has 1 amide bonds.